The molecule has 0 radical (unpaired) electrons. The summed E-state index contributed by atoms with van der Waals surface area (Å²) in [7, 11) is 0. The number of nitrogens with one attached hydrogen (secondary N) is 1. The van der Waals surface area contributed by atoms with Gasteiger partial charge >= 0.3 is 0 Å². The molecule has 2 aromatic rings. The zero-order valence-electron chi connectivity index (χ0n) is 12.9. The Morgan fingerprint density at radius 2 is 1.83 bits per heavy atom. The molecule has 1 heterocycles. The number of halogens is 2. The zero-order valence-corrected chi connectivity index (χ0v) is 14.4. The third kappa shape index (κ3) is 4.71. The maximum Gasteiger partial charge on any atom is 0.104 e. The number of hydrogen-bond acceptors (Lipinski definition) is 2. The van der Waals surface area contributed by atoms with Gasteiger partial charge in [-0.3, -0.25) is 5.01 Å². The average Bonchev–Trinajstić information content (AvgIpc) is 2.56. The average molecular weight is 349 g/mol. The molecule has 0 amide bonds. The number of rotatable bonds is 4. The highest BCUT2D eigenvalue weighted by Crippen LogP contribution is 2.13. The summed E-state index contributed by atoms with van der Waals surface area (Å²) in [4.78, 5) is 1.55. The molecule has 2 aromatic carbocycles. The second-order valence-electron chi connectivity index (χ2n) is 5.77. The highest BCUT2D eigenvalue weighted by Gasteiger charge is 2.19. The summed E-state index contributed by atoms with van der Waals surface area (Å²) in [5, 5.41) is 8.29. The molecule has 0 bridgehead atoms. The van der Waals surface area contributed by atoms with Crippen molar-refractivity contribution in [3.63, 3.8) is 0 Å². The summed E-state index contributed by atoms with van der Waals surface area (Å²) in [5.41, 5.74) is 2.25. The molecule has 3 rings (SSSR count). The summed E-state index contributed by atoms with van der Waals surface area (Å²) in [6, 6.07) is 15.8. The SMILES string of the molecule is Clc1cccc(/C=N\N2CC[NH+](Cc3ccccc3Cl)CC2)c1. The van der Waals surface area contributed by atoms with Crippen LogP contribution in [0.25, 0.3) is 0 Å². The molecule has 0 saturated carbocycles. The van der Waals surface area contributed by atoms with Crippen molar-refractivity contribution in [3.8, 4) is 0 Å². The van der Waals surface area contributed by atoms with Gasteiger partial charge in [-0.15, -0.1) is 0 Å². The van der Waals surface area contributed by atoms with Gasteiger partial charge in [-0.1, -0.05) is 53.5 Å². The highest BCUT2D eigenvalue weighted by molar-refractivity contribution is 6.31. The standard InChI is InChI=1S/C18H19Cl2N3/c19-17-6-3-4-15(12-17)13-21-23-10-8-22(9-11-23)14-16-5-1-2-7-18(16)20/h1-7,12-13H,8-11,14H2/p+1/b21-13-. The van der Waals surface area contributed by atoms with Gasteiger partial charge in [-0.05, 0) is 23.8 Å². The van der Waals surface area contributed by atoms with Crippen LogP contribution in [0.15, 0.2) is 53.6 Å². The van der Waals surface area contributed by atoms with Crippen LogP contribution in [0.1, 0.15) is 11.1 Å². The number of hydrogen-bond donors (Lipinski definition) is 1. The highest BCUT2D eigenvalue weighted by atomic mass is 35.5. The van der Waals surface area contributed by atoms with Crippen molar-refractivity contribution >= 4 is 29.4 Å². The molecular weight excluding hydrogens is 329 g/mol. The summed E-state index contributed by atoms with van der Waals surface area (Å²) in [6.45, 7) is 5.02. The Morgan fingerprint density at radius 1 is 1.04 bits per heavy atom. The fourth-order valence-corrected chi connectivity index (χ4v) is 3.15. The molecule has 1 aliphatic heterocycles. The van der Waals surface area contributed by atoms with E-state index in [1.54, 1.807) is 4.90 Å². The minimum Gasteiger partial charge on any atom is -0.328 e. The molecule has 1 fully saturated rings. The van der Waals surface area contributed by atoms with E-state index >= 15 is 0 Å². The van der Waals surface area contributed by atoms with Crippen molar-refractivity contribution < 1.29 is 4.90 Å². The lowest BCUT2D eigenvalue weighted by molar-refractivity contribution is -0.918. The topological polar surface area (TPSA) is 20.0 Å². The van der Waals surface area contributed by atoms with Gasteiger partial charge in [-0.25, -0.2) is 0 Å². The number of quaternary nitrogens is 1. The number of nitrogens with zero attached hydrogens (tertiary/aromatic N) is 2. The molecule has 120 valence electrons. The first-order valence-corrected chi connectivity index (χ1v) is 8.58. The fourth-order valence-electron chi connectivity index (χ4n) is 2.75. The van der Waals surface area contributed by atoms with Gasteiger partial charge in [0.05, 0.1) is 32.4 Å². The van der Waals surface area contributed by atoms with E-state index < -0.39 is 0 Å². The van der Waals surface area contributed by atoms with E-state index in [0.29, 0.717) is 0 Å². The first kappa shape index (κ1) is 16.3. The van der Waals surface area contributed by atoms with Crippen LogP contribution < -0.4 is 4.90 Å². The Labute approximate surface area is 147 Å². The quantitative estimate of drug-likeness (QED) is 0.842. The van der Waals surface area contributed by atoms with Crippen LogP contribution >= 0.6 is 23.2 Å². The van der Waals surface area contributed by atoms with E-state index in [9.17, 15) is 0 Å². The number of piperazine rings is 1. The van der Waals surface area contributed by atoms with Gasteiger partial charge in [0.1, 0.15) is 6.54 Å². The molecule has 0 spiro atoms. The molecule has 0 aromatic heterocycles. The minimum atomic E-state index is 0.739. The Kier molecular flexibility index (Phi) is 5.55. The first-order chi connectivity index (χ1) is 11.2. The molecule has 1 saturated heterocycles. The van der Waals surface area contributed by atoms with E-state index in [0.717, 1.165) is 48.3 Å². The molecule has 0 unspecified atom stereocenters. The summed E-state index contributed by atoms with van der Waals surface area (Å²) in [6.07, 6.45) is 1.88. The lowest BCUT2D eigenvalue weighted by Gasteiger charge is -2.30. The summed E-state index contributed by atoms with van der Waals surface area (Å²) < 4.78 is 0. The van der Waals surface area contributed by atoms with Crippen LogP contribution in [0.3, 0.4) is 0 Å². The Balaban J connectivity index is 1.51. The van der Waals surface area contributed by atoms with Crippen molar-refractivity contribution in [2.45, 2.75) is 6.54 Å². The van der Waals surface area contributed by atoms with Gasteiger partial charge in [0.25, 0.3) is 0 Å². The monoisotopic (exact) mass is 348 g/mol. The van der Waals surface area contributed by atoms with Crippen LogP contribution in [-0.2, 0) is 6.54 Å². The largest absolute Gasteiger partial charge is 0.328 e. The molecule has 0 aliphatic carbocycles. The van der Waals surface area contributed by atoms with Gasteiger partial charge in [0.2, 0.25) is 0 Å². The normalized spacial score (nSPS) is 16.2. The maximum absolute atomic E-state index is 6.24. The molecule has 1 N–H and O–H groups in total. The second kappa shape index (κ2) is 7.82. The summed E-state index contributed by atoms with van der Waals surface area (Å²) in [5.74, 6) is 0. The minimum absolute atomic E-state index is 0.739. The predicted octanol–water partition coefficient (Wildman–Crippen LogP) is 2.73. The van der Waals surface area contributed by atoms with Crippen molar-refractivity contribution in [1.82, 2.24) is 5.01 Å². The predicted molar refractivity (Wildman–Crippen MR) is 96.5 cm³/mol. The van der Waals surface area contributed by atoms with Crippen molar-refractivity contribution in [3.05, 3.63) is 69.7 Å². The third-order valence-corrected chi connectivity index (χ3v) is 4.67. The Hall–Kier alpha value is -1.55. The van der Waals surface area contributed by atoms with Gasteiger partial charge < -0.3 is 4.90 Å². The van der Waals surface area contributed by atoms with Crippen LogP contribution in [0.2, 0.25) is 10.0 Å². The second-order valence-corrected chi connectivity index (χ2v) is 6.62. The van der Waals surface area contributed by atoms with E-state index in [1.165, 1.54) is 5.56 Å². The summed E-state index contributed by atoms with van der Waals surface area (Å²) >= 11 is 12.2. The van der Waals surface area contributed by atoms with E-state index in [-0.39, 0.29) is 0 Å². The van der Waals surface area contributed by atoms with E-state index in [1.807, 2.05) is 48.7 Å². The van der Waals surface area contributed by atoms with Crippen LogP contribution in [-0.4, -0.2) is 37.4 Å². The van der Waals surface area contributed by atoms with Crippen molar-refractivity contribution in [1.29, 1.82) is 0 Å². The van der Waals surface area contributed by atoms with Crippen LogP contribution in [0.5, 0.6) is 0 Å². The maximum atomic E-state index is 6.24. The Morgan fingerprint density at radius 3 is 2.57 bits per heavy atom. The number of benzene rings is 2. The van der Waals surface area contributed by atoms with Gasteiger partial charge in [-0.2, -0.15) is 5.10 Å². The third-order valence-electron chi connectivity index (χ3n) is 4.06. The van der Waals surface area contributed by atoms with Gasteiger partial charge in [0.15, 0.2) is 0 Å². The number of hydrazone groups is 1. The van der Waals surface area contributed by atoms with E-state index in [4.69, 9.17) is 23.2 Å². The van der Waals surface area contributed by atoms with Crippen LogP contribution in [0, 0.1) is 0 Å². The smallest absolute Gasteiger partial charge is 0.104 e. The molecular formula is C18H20Cl2N3+. The Bertz CT molecular complexity index is 679. The molecule has 1 aliphatic rings. The fraction of sp³-hybridized carbons (Fsp3) is 0.278. The van der Waals surface area contributed by atoms with Crippen molar-refractivity contribution in [2.24, 2.45) is 5.10 Å². The molecule has 3 nitrogen and oxygen atoms in total. The van der Waals surface area contributed by atoms with Crippen molar-refractivity contribution in [2.75, 3.05) is 26.2 Å². The molecule has 0 atom stereocenters. The first-order valence-electron chi connectivity index (χ1n) is 7.82. The lowest BCUT2D eigenvalue weighted by atomic mass is 10.2. The zero-order chi connectivity index (χ0) is 16.1. The van der Waals surface area contributed by atoms with Gasteiger partial charge in [0, 0.05) is 15.6 Å². The molecule has 5 heteroatoms. The van der Waals surface area contributed by atoms with E-state index in [2.05, 4.69) is 16.2 Å². The molecule has 23 heavy (non-hydrogen) atoms. The lowest BCUT2D eigenvalue weighted by Crippen LogP contribution is -3.13. The van der Waals surface area contributed by atoms with Crippen LogP contribution in [0.4, 0.5) is 0 Å².